The van der Waals surface area contributed by atoms with Gasteiger partial charge in [0.1, 0.15) is 5.75 Å². The lowest BCUT2D eigenvalue weighted by Gasteiger charge is -2.31. The molecule has 1 aromatic rings. The van der Waals surface area contributed by atoms with E-state index < -0.39 is 11.2 Å². The fraction of sp³-hybridized carbons (Fsp3) is 0.600. The fourth-order valence-electron chi connectivity index (χ4n) is 4.35. The van der Waals surface area contributed by atoms with E-state index in [1.165, 1.54) is 17.5 Å². The van der Waals surface area contributed by atoms with E-state index in [4.69, 9.17) is 9.47 Å². The molecule has 1 aromatic carbocycles. The van der Waals surface area contributed by atoms with Crippen molar-refractivity contribution in [2.45, 2.75) is 50.7 Å². The average molecular weight is 358 g/mol. The predicted molar refractivity (Wildman–Crippen MR) is 96.2 cm³/mol. The van der Waals surface area contributed by atoms with Gasteiger partial charge < -0.3 is 19.3 Å². The molecule has 0 radical (unpaired) electrons. The molecule has 26 heavy (non-hydrogen) atoms. The highest BCUT2D eigenvalue weighted by Crippen LogP contribution is 2.34. The van der Waals surface area contributed by atoms with Gasteiger partial charge in [-0.3, -0.25) is 4.79 Å². The molecule has 140 valence electrons. The van der Waals surface area contributed by atoms with Gasteiger partial charge in [0.2, 0.25) is 0 Å². The Morgan fingerprint density at radius 3 is 2.73 bits per heavy atom. The Morgan fingerprint density at radius 2 is 2.00 bits per heavy atom. The molecule has 0 bridgehead atoms. The van der Waals surface area contributed by atoms with Crippen molar-refractivity contribution in [1.29, 1.82) is 0 Å². The van der Waals surface area contributed by atoms with Gasteiger partial charge in [0.05, 0.1) is 13.1 Å². The SMILES string of the molecule is CN1C[C@@]2(CCN(C(=O)C(C)(C)Oc3ccc4c(c3)CCC4)C2)OC1=O. The number of amides is 2. The summed E-state index contributed by atoms with van der Waals surface area (Å²) in [6.45, 7) is 5.15. The van der Waals surface area contributed by atoms with E-state index in [0.717, 1.165) is 18.6 Å². The average Bonchev–Trinajstić information content (AvgIpc) is 3.26. The van der Waals surface area contributed by atoms with Crippen LogP contribution < -0.4 is 4.74 Å². The lowest BCUT2D eigenvalue weighted by Crippen LogP contribution is -2.49. The van der Waals surface area contributed by atoms with Gasteiger partial charge in [0.15, 0.2) is 11.2 Å². The van der Waals surface area contributed by atoms with Crippen molar-refractivity contribution >= 4 is 12.0 Å². The van der Waals surface area contributed by atoms with E-state index in [9.17, 15) is 9.59 Å². The second-order valence-electron chi connectivity index (χ2n) is 8.28. The van der Waals surface area contributed by atoms with E-state index in [0.29, 0.717) is 26.1 Å². The second kappa shape index (κ2) is 5.89. The van der Waals surface area contributed by atoms with Crippen LogP contribution in [0.25, 0.3) is 0 Å². The summed E-state index contributed by atoms with van der Waals surface area (Å²) in [6.07, 6.45) is 3.75. The minimum absolute atomic E-state index is 0.0690. The van der Waals surface area contributed by atoms with Gasteiger partial charge in [-0.2, -0.15) is 0 Å². The quantitative estimate of drug-likeness (QED) is 0.832. The van der Waals surface area contributed by atoms with Crippen molar-refractivity contribution in [3.05, 3.63) is 29.3 Å². The summed E-state index contributed by atoms with van der Waals surface area (Å²) in [5.74, 6) is 0.672. The Labute approximate surface area is 154 Å². The zero-order valence-corrected chi connectivity index (χ0v) is 15.7. The number of carbonyl (C=O) groups is 2. The Hall–Kier alpha value is -2.24. The lowest BCUT2D eigenvalue weighted by molar-refractivity contribution is -0.145. The Bertz CT molecular complexity index is 760. The molecule has 2 heterocycles. The number of hydrogen-bond acceptors (Lipinski definition) is 4. The third-order valence-electron chi connectivity index (χ3n) is 5.70. The maximum atomic E-state index is 13.1. The molecule has 0 unspecified atom stereocenters. The van der Waals surface area contributed by atoms with E-state index >= 15 is 0 Å². The predicted octanol–water partition coefficient (Wildman–Crippen LogP) is 2.39. The van der Waals surface area contributed by atoms with Crippen LogP contribution in [0.2, 0.25) is 0 Å². The van der Waals surface area contributed by atoms with Crippen LogP contribution in [-0.4, -0.2) is 59.7 Å². The molecule has 0 N–H and O–H groups in total. The first kappa shape index (κ1) is 17.2. The number of fused-ring (bicyclic) bond motifs is 1. The normalized spacial score (nSPS) is 25.0. The summed E-state index contributed by atoms with van der Waals surface area (Å²) < 4.78 is 11.6. The number of ether oxygens (including phenoxy) is 2. The van der Waals surface area contributed by atoms with E-state index in [1.807, 2.05) is 6.07 Å². The molecule has 2 saturated heterocycles. The Balaban J connectivity index is 1.45. The van der Waals surface area contributed by atoms with Gasteiger partial charge in [-0.25, -0.2) is 4.79 Å². The molecule has 1 spiro atoms. The fourth-order valence-corrected chi connectivity index (χ4v) is 4.35. The molecule has 6 nitrogen and oxygen atoms in total. The van der Waals surface area contributed by atoms with Crippen LogP contribution >= 0.6 is 0 Å². The highest BCUT2D eigenvalue weighted by Gasteiger charge is 2.51. The molecular formula is C20H26N2O4. The summed E-state index contributed by atoms with van der Waals surface area (Å²) in [7, 11) is 1.72. The highest BCUT2D eigenvalue weighted by atomic mass is 16.6. The minimum Gasteiger partial charge on any atom is -0.478 e. The Kier molecular flexibility index (Phi) is 3.90. The van der Waals surface area contributed by atoms with Gasteiger partial charge in [-0.1, -0.05) is 6.07 Å². The van der Waals surface area contributed by atoms with Crippen molar-refractivity contribution in [2.24, 2.45) is 0 Å². The molecule has 3 aliphatic rings. The van der Waals surface area contributed by atoms with E-state index in [1.54, 1.807) is 30.7 Å². The van der Waals surface area contributed by atoms with Crippen molar-refractivity contribution in [1.82, 2.24) is 9.80 Å². The van der Waals surface area contributed by atoms with E-state index in [-0.39, 0.29) is 12.0 Å². The second-order valence-corrected chi connectivity index (χ2v) is 8.28. The molecule has 0 aromatic heterocycles. The summed E-state index contributed by atoms with van der Waals surface area (Å²) >= 11 is 0. The molecule has 6 heteroatoms. The summed E-state index contributed by atoms with van der Waals surface area (Å²) in [6, 6.07) is 6.13. The third kappa shape index (κ3) is 2.91. The lowest BCUT2D eigenvalue weighted by atomic mass is 10.0. The summed E-state index contributed by atoms with van der Waals surface area (Å²) in [5, 5.41) is 0. The van der Waals surface area contributed by atoms with Gasteiger partial charge >= 0.3 is 6.09 Å². The van der Waals surface area contributed by atoms with Crippen LogP contribution in [0.5, 0.6) is 5.75 Å². The molecule has 1 atom stereocenters. The third-order valence-corrected chi connectivity index (χ3v) is 5.70. The van der Waals surface area contributed by atoms with Crippen molar-refractivity contribution < 1.29 is 19.1 Å². The molecular weight excluding hydrogens is 332 g/mol. The monoisotopic (exact) mass is 358 g/mol. The van der Waals surface area contributed by atoms with Gasteiger partial charge in [-0.05, 0) is 56.4 Å². The first-order valence-corrected chi connectivity index (χ1v) is 9.32. The number of rotatable bonds is 3. The molecule has 1 aliphatic carbocycles. The Morgan fingerprint density at radius 1 is 1.23 bits per heavy atom. The summed E-state index contributed by atoms with van der Waals surface area (Å²) in [5.41, 5.74) is 1.18. The molecule has 2 fully saturated rings. The van der Waals surface area contributed by atoms with Crippen LogP contribution in [0.15, 0.2) is 18.2 Å². The maximum absolute atomic E-state index is 13.1. The van der Waals surface area contributed by atoms with Crippen LogP contribution in [0, 0.1) is 0 Å². The van der Waals surface area contributed by atoms with Crippen molar-refractivity contribution in [2.75, 3.05) is 26.7 Å². The molecule has 2 amide bonds. The summed E-state index contributed by atoms with van der Waals surface area (Å²) in [4.78, 5) is 28.1. The first-order chi connectivity index (χ1) is 12.3. The van der Waals surface area contributed by atoms with Crippen LogP contribution in [0.4, 0.5) is 4.79 Å². The molecule has 0 saturated carbocycles. The topological polar surface area (TPSA) is 59.1 Å². The van der Waals surface area contributed by atoms with Crippen LogP contribution in [0.3, 0.4) is 0 Å². The molecule has 4 rings (SSSR count). The van der Waals surface area contributed by atoms with Gasteiger partial charge in [-0.15, -0.1) is 0 Å². The number of likely N-dealkylation sites (tertiary alicyclic amines) is 1. The first-order valence-electron chi connectivity index (χ1n) is 9.32. The molecule has 2 aliphatic heterocycles. The van der Waals surface area contributed by atoms with Crippen LogP contribution in [0.1, 0.15) is 37.8 Å². The van der Waals surface area contributed by atoms with Gasteiger partial charge in [0, 0.05) is 20.0 Å². The standard InChI is InChI=1S/C20H26N2O4/c1-19(2,25-16-8-7-14-5-4-6-15(14)11-16)17(23)22-10-9-20(13-22)12-21(3)18(24)26-20/h7-8,11H,4-6,9-10,12-13H2,1-3H3/t20-/m1/s1. The smallest absolute Gasteiger partial charge is 0.410 e. The largest absolute Gasteiger partial charge is 0.478 e. The zero-order valence-electron chi connectivity index (χ0n) is 15.7. The number of hydrogen-bond donors (Lipinski definition) is 0. The highest BCUT2D eigenvalue weighted by molar-refractivity contribution is 5.85. The maximum Gasteiger partial charge on any atom is 0.410 e. The van der Waals surface area contributed by atoms with Crippen LogP contribution in [-0.2, 0) is 22.4 Å². The van der Waals surface area contributed by atoms with Crippen molar-refractivity contribution in [3.8, 4) is 5.75 Å². The minimum atomic E-state index is -0.965. The van der Waals surface area contributed by atoms with Gasteiger partial charge in [0.25, 0.3) is 5.91 Å². The number of nitrogens with zero attached hydrogens (tertiary/aromatic N) is 2. The number of likely N-dealkylation sites (N-methyl/N-ethyl adjacent to an activating group) is 1. The van der Waals surface area contributed by atoms with Crippen molar-refractivity contribution in [3.63, 3.8) is 0 Å². The number of carbonyl (C=O) groups excluding carboxylic acids is 2. The number of benzene rings is 1. The van der Waals surface area contributed by atoms with E-state index in [2.05, 4.69) is 12.1 Å². The number of aryl methyl sites for hydroxylation is 2. The zero-order chi connectivity index (χ0) is 18.5.